The Bertz CT molecular complexity index is 531. The van der Waals surface area contributed by atoms with Crippen LogP contribution in [0.15, 0.2) is 30.3 Å². The first kappa shape index (κ1) is 25.5. The second-order valence-electron chi connectivity index (χ2n) is 7.99. The second kappa shape index (κ2) is 15.3. The van der Waals surface area contributed by atoms with Crippen molar-refractivity contribution in [3.63, 3.8) is 0 Å². The van der Waals surface area contributed by atoms with Gasteiger partial charge in [0.15, 0.2) is 0 Å². The van der Waals surface area contributed by atoms with Crippen molar-refractivity contribution in [2.45, 2.75) is 110 Å². The maximum atomic E-state index is 12.2. The third-order valence-corrected chi connectivity index (χ3v) is 5.63. The van der Waals surface area contributed by atoms with E-state index in [9.17, 15) is 9.90 Å². The van der Waals surface area contributed by atoms with Gasteiger partial charge in [0.25, 0.3) is 0 Å². The van der Waals surface area contributed by atoms with Gasteiger partial charge >= 0.3 is 5.97 Å². The number of unbranched alkanes of at least 4 members (excludes halogenated alkanes) is 10. The van der Waals surface area contributed by atoms with Gasteiger partial charge in [0.1, 0.15) is 11.9 Å². The van der Waals surface area contributed by atoms with E-state index in [1.807, 2.05) is 37.3 Å². The minimum atomic E-state index is -1.30. The minimum Gasteiger partial charge on any atom is -0.487 e. The predicted octanol–water partition coefficient (Wildman–Crippen LogP) is 7.01. The topological polar surface area (TPSA) is 55.8 Å². The highest BCUT2D eigenvalue weighted by Crippen LogP contribution is 2.29. The SMILES string of the molecule is CCCCCCCCCCCCCC(OCC)(C(=O)O)C(C)Oc1ccccc1. The Labute approximate surface area is 178 Å². The molecular weight excluding hydrogens is 364 g/mol. The van der Waals surface area contributed by atoms with Gasteiger partial charge in [-0.1, -0.05) is 89.3 Å². The Balaban J connectivity index is 2.40. The summed E-state index contributed by atoms with van der Waals surface area (Å²) in [5.41, 5.74) is -1.30. The fourth-order valence-corrected chi connectivity index (χ4v) is 3.84. The molecule has 2 unspecified atom stereocenters. The molecule has 0 bridgehead atoms. The molecule has 166 valence electrons. The lowest BCUT2D eigenvalue weighted by Crippen LogP contribution is -2.53. The molecule has 4 nitrogen and oxygen atoms in total. The Kier molecular flexibility index (Phi) is 13.5. The molecule has 1 aromatic rings. The van der Waals surface area contributed by atoms with Gasteiger partial charge in [0.05, 0.1) is 0 Å². The van der Waals surface area contributed by atoms with Crippen molar-refractivity contribution in [1.82, 2.24) is 0 Å². The van der Waals surface area contributed by atoms with Crippen molar-refractivity contribution in [2.24, 2.45) is 0 Å². The number of rotatable bonds is 18. The van der Waals surface area contributed by atoms with E-state index in [1.165, 1.54) is 51.4 Å². The molecule has 4 heteroatoms. The average molecular weight is 407 g/mol. The van der Waals surface area contributed by atoms with Crippen molar-refractivity contribution < 1.29 is 19.4 Å². The second-order valence-corrected chi connectivity index (χ2v) is 7.99. The highest BCUT2D eigenvalue weighted by molar-refractivity contribution is 5.78. The average Bonchev–Trinajstić information content (AvgIpc) is 2.71. The number of ether oxygens (including phenoxy) is 2. The first-order chi connectivity index (χ1) is 14.1. The zero-order valence-corrected chi connectivity index (χ0v) is 18.8. The first-order valence-electron chi connectivity index (χ1n) is 11.7. The van der Waals surface area contributed by atoms with E-state index >= 15 is 0 Å². The quantitative estimate of drug-likeness (QED) is 0.266. The lowest BCUT2D eigenvalue weighted by Gasteiger charge is -2.35. The normalized spacial score (nSPS) is 14.3. The van der Waals surface area contributed by atoms with Crippen molar-refractivity contribution in [1.29, 1.82) is 0 Å². The third-order valence-electron chi connectivity index (χ3n) is 5.63. The van der Waals surface area contributed by atoms with Crippen LogP contribution < -0.4 is 4.74 Å². The largest absolute Gasteiger partial charge is 0.487 e. The van der Waals surface area contributed by atoms with Crippen LogP contribution in [0.5, 0.6) is 5.75 Å². The maximum absolute atomic E-state index is 12.2. The molecule has 0 aliphatic rings. The highest BCUT2D eigenvalue weighted by Gasteiger charge is 2.46. The summed E-state index contributed by atoms with van der Waals surface area (Å²) in [4.78, 5) is 12.2. The molecule has 1 aromatic carbocycles. The van der Waals surface area contributed by atoms with Crippen LogP contribution in [0.3, 0.4) is 0 Å². The Morgan fingerprint density at radius 3 is 1.90 bits per heavy atom. The van der Waals surface area contributed by atoms with Gasteiger partial charge in [-0.15, -0.1) is 0 Å². The van der Waals surface area contributed by atoms with Crippen LogP contribution in [-0.4, -0.2) is 29.4 Å². The van der Waals surface area contributed by atoms with Crippen LogP contribution in [0.2, 0.25) is 0 Å². The number of benzene rings is 1. The highest BCUT2D eigenvalue weighted by atomic mass is 16.6. The summed E-state index contributed by atoms with van der Waals surface area (Å²) < 4.78 is 11.7. The van der Waals surface area contributed by atoms with Crippen LogP contribution in [0.1, 0.15) is 97.8 Å². The third kappa shape index (κ3) is 9.66. The summed E-state index contributed by atoms with van der Waals surface area (Å²) in [7, 11) is 0. The molecule has 0 amide bonds. The number of para-hydroxylation sites is 1. The van der Waals surface area contributed by atoms with Crippen molar-refractivity contribution in [2.75, 3.05) is 6.61 Å². The zero-order chi connectivity index (χ0) is 21.4. The summed E-state index contributed by atoms with van der Waals surface area (Å²) in [5, 5.41) is 9.96. The molecule has 0 spiro atoms. The molecule has 2 atom stereocenters. The van der Waals surface area contributed by atoms with Gasteiger partial charge in [-0.25, -0.2) is 4.79 Å². The van der Waals surface area contributed by atoms with E-state index in [-0.39, 0.29) is 0 Å². The molecule has 1 rings (SSSR count). The summed E-state index contributed by atoms with van der Waals surface area (Å²) in [6, 6.07) is 9.37. The molecule has 0 saturated carbocycles. The van der Waals surface area contributed by atoms with E-state index in [0.29, 0.717) is 18.8 Å². The number of aliphatic carboxylic acids is 1. The molecule has 0 heterocycles. The summed E-state index contributed by atoms with van der Waals surface area (Å²) in [6.07, 6.45) is 13.5. The molecule has 0 aliphatic carbocycles. The van der Waals surface area contributed by atoms with E-state index in [4.69, 9.17) is 9.47 Å². The maximum Gasteiger partial charge on any atom is 0.339 e. The summed E-state index contributed by atoms with van der Waals surface area (Å²) >= 11 is 0. The molecule has 1 N–H and O–H groups in total. The smallest absolute Gasteiger partial charge is 0.339 e. The van der Waals surface area contributed by atoms with Gasteiger partial charge in [0, 0.05) is 6.61 Å². The van der Waals surface area contributed by atoms with E-state index in [0.717, 1.165) is 19.3 Å². The van der Waals surface area contributed by atoms with Crippen LogP contribution >= 0.6 is 0 Å². The number of carbonyl (C=O) groups is 1. The first-order valence-corrected chi connectivity index (χ1v) is 11.7. The van der Waals surface area contributed by atoms with Gasteiger partial charge in [0.2, 0.25) is 5.60 Å². The van der Waals surface area contributed by atoms with Gasteiger partial charge in [-0.2, -0.15) is 0 Å². The summed E-state index contributed by atoms with van der Waals surface area (Å²) in [6.45, 7) is 6.24. The molecule has 0 aromatic heterocycles. The van der Waals surface area contributed by atoms with Crippen LogP contribution in [0, 0.1) is 0 Å². The number of hydrogen-bond acceptors (Lipinski definition) is 3. The lowest BCUT2D eigenvalue weighted by molar-refractivity contribution is -0.180. The molecule has 0 saturated heterocycles. The van der Waals surface area contributed by atoms with Gasteiger partial charge < -0.3 is 14.6 Å². The van der Waals surface area contributed by atoms with Gasteiger partial charge in [-0.05, 0) is 38.8 Å². The van der Waals surface area contributed by atoms with E-state index < -0.39 is 17.7 Å². The van der Waals surface area contributed by atoms with Crippen LogP contribution in [0.4, 0.5) is 0 Å². The molecule has 29 heavy (non-hydrogen) atoms. The van der Waals surface area contributed by atoms with Crippen molar-refractivity contribution in [3.8, 4) is 5.75 Å². The summed E-state index contributed by atoms with van der Waals surface area (Å²) in [5.74, 6) is -0.265. The Hall–Kier alpha value is -1.55. The Morgan fingerprint density at radius 1 is 0.897 bits per heavy atom. The van der Waals surface area contributed by atoms with Crippen LogP contribution in [0.25, 0.3) is 0 Å². The van der Waals surface area contributed by atoms with Crippen LogP contribution in [-0.2, 0) is 9.53 Å². The van der Waals surface area contributed by atoms with E-state index in [2.05, 4.69) is 6.92 Å². The number of hydrogen-bond donors (Lipinski definition) is 1. The predicted molar refractivity (Wildman–Crippen MR) is 120 cm³/mol. The lowest BCUT2D eigenvalue weighted by atomic mass is 9.90. The van der Waals surface area contributed by atoms with E-state index in [1.54, 1.807) is 6.92 Å². The molecule has 0 aliphatic heterocycles. The Morgan fingerprint density at radius 2 is 1.41 bits per heavy atom. The number of carboxylic acids is 1. The monoisotopic (exact) mass is 406 g/mol. The number of carboxylic acid groups (broad SMARTS) is 1. The standard InChI is InChI=1S/C25H42O4/c1-4-6-7-8-9-10-11-12-13-14-18-21-25(24(26)27,28-5-2)22(3)29-23-19-16-15-17-20-23/h15-17,19-20,22H,4-14,18,21H2,1-3H3,(H,26,27). The van der Waals surface area contributed by atoms with Crippen molar-refractivity contribution in [3.05, 3.63) is 30.3 Å². The molecule has 0 fully saturated rings. The zero-order valence-electron chi connectivity index (χ0n) is 18.8. The molecular formula is C25H42O4. The fourth-order valence-electron chi connectivity index (χ4n) is 3.84. The minimum absolute atomic E-state index is 0.354. The molecule has 0 radical (unpaired) electrons. The van der Waals surface area contributed by atoms with Gasteiger partial charge in [-0.3, -0.25) is 0 Å². The van der Waals surface area contributed by atoms with Crippen molar-refractivity contribution >= 4 is 5.97 Å². The fraction of sp³-hybridized carbons (Fsp3) is 0.720.